The van der Waals surface area contributed by atoms with E-state index in [9.17, 15) is 9.59 Å². The molecule has 0 spiro atoms. The second-order valence-corrected chi connectivity index (χ2v) is 5.19. The fourth-order valence-corrected chi connectivity index (χ4v) is 1.50. The monoisotopic (exact) mass is 269 g/mol. The van der Waals surface area contributed by atoms with E-state index in [1.807, 2.05) is 0 Å². The highest BCUT2D eigenvalue weighted by Gasteiger charge is 2.27. The van der Waals surface area contributed by atoms with E-state index in [1.165, 1.54) is 0 Å². The Labute approximate surface area is 111 Å². The Morgan fingerprint density at radius 3 is 2.56 bits per heavy atom. The number of nitrogens with one attached hydrogen (secondary N) is 1. The van der Waals surface area contributed by atoms with Gasteiger partial charge in [0.25, 0.3) is 5.91 Å². The van der Waals surface area contributed by atoms with Crippen LogP contribution in [0.25, 0.3) is 0 Å². The van der Waals surface area contributed by atoms with Gasteiger partial charge in [-0.2, -0.15) is 0 Å². The highest BCUT2D eigenvalue weighted by molar-refractivity contribution is 6.31. The summed E-state index contributed by atoms with van der Waals surface area (Å²) in [5.41, 5.74) is 0.149. The molecule has 1 aromatic rings. The van der Waals surface area contributed by atoms with Crippen LogP contribution in [-0.4, -0.2) is 23.5 Å². The van der Waals surface area contributed by atoms with Crippen molar-refractivity contribution < 1.29 is 14.7 Å². The molecule has 1 rings (SSSR count). The van der Waals surface area contributed by atoms with Crippen LogP contribution in [-0.2, 0) is 4.79 Å². The average Bonchev–Trinajstić information content (AvgIpc) is 2.29. The van der Waals surface area contributed by atoms with Crippen LogP contribution >= 0.6 is 11.6 Å². The molecule has 0 atom stereocenters. The number of carbonyl (C=O) groups is 2. The van der Waals surface area contributed by atoms with Crippen LogP contribution in [0.4, 0.5) is 0 Å². The molecule has 0 bridgehead atoms. The molecular formula is C13H16ClNO3. The highest BCUT2D eigenvalue weighted by Crippen LogP contribution is 2.19. The van der Waals surface area contributed by atoms with Crippen molar-refractivity contribution in [1.29, 1.82) is 0 Å². The summed E-state index contributed by atoms with van der Waals surface area (Å²) in [6.45, 7) is 4.92. The zero-order valence-corrected chi connectivity index (χ0v) is 11.3. The van der Waals surface area contributed by atoms with Gasteiger partial charge in [-0.05, 0) is 38.5 Å². The quantitative estimate of drug-likeness (QED) is 0.882. The van der Waals surface area contributed by atoms with Crippen LogP contribution < -0.4 is 5.32 Å². The van der Waals surface area contributed by atoms with Gasteiger partial charge in [0.1, 0.15) is 0 Å². The van der Waals surface area contributed by atoms with Crippen molar-refractivity contribution in [1.82, 2.24) is 5.32 Å². The molecular weight excluding hydrogens is 254 g/mol. The number of hydrogen-bond acceptors (Lipinski definition) is 2. The van der Waals surface area contributed by atoms with Crippen LogP contribution in [0.5, 0.6) is 0 Å². The Bertz CT molecular complexity index is 483. The van der Waals surface area contributed by atoms with E-state index in [1.54, 1.807) is 39.0 Å². The number of rotatable bonds is 4. The first-order valence-electron chi connectivity index (χ1n) is 5.52. The van der Waals surface area contributed by atoms with Gasteiger partial charge >= 0.3 is 5.97 Å². The number of halogens is 1. The summed E-state index contributed by atoms with van der Waals surface area (Å²) >= 11 is 5.92. The first-order valence-corrected chi connectivity index (χ1v) is 5.90. The third-order valence-electron chi connectivity index (χ3n) is 2.78. The van der Waals surface area contributed by atoms with Gasteiger partial charge in [0.05, 0.1) is 5.41 Å². The maximum atomic E-state index is 11.9. The van der Waals surface area contributed by atoms with E-state index in [2.05, 4.69) is 5.32 Å². The summed E-state index contributed by atoms with van der Waals surface area (Å²) in [4.78, 5) is 22.8. The average molecular weight is 270 g/mol. The lowest BCUT2D eigenvalue weighted by atomic mass is 9.93. The number of carboxylic acids is 1. The van der Waals surface area contributed by atoms with Gasteiger partial charge in [-0.15, -0.1) is 0 Å². The minimum absolute atomic E-state index is 0.0626. The summed E-state index contributed by atoms with van der Waals surface area (Å²) in [7, 11) is 0. The summed E-state index contributed by atoms with van der Waals surface area (Å²) in [5, 5.41) is 12.1. The summed E-state index contributed by atoms with van der Waals surface area (Å²) < 4.78 is 0. The van der Waals surface area contributed by atoms with Crippen LogP contribution in [0.2, 0.25) is 5.02 Å². The highest BCUT2D eigenvalue weighted by atomic mass is 35.5. The SMILES string of the molecule is Cc1c(Cl)cccc1C(=O)NCC(C)(C)C(=O)O. The molecule has 1 aromatic carbocycles. The van der Waals surface area contributed by atoms with E-state index >= 15 is 0 Å². The van der Waals surface area contributed by atoms with Crippen molar-refractivity contribution in [3.63, 3.8) is 0 Å². The molecule has 0 aliphatic heterocycles. The van der Waals surface area contributed by atoms with Gasteiger partial charge in [0.15, 0.2) is 0 Å². The van der Waals surface area contributed by atoms with Crippen molar-refractivity contribution in [2.75, 3.05) is 6.54 Å². The van der Waals surface area contributed by atoms with Crippen molar-refractivity contribution in [3.8, 4) is 0 Å². The Kier molecular flexibility index (Phi) is 4.35. The molecule has 18 heavy (non-hydrogen) atoms. The minimum atomic E-state index is -0.998. The minimum Gasteiger partial charge on any atom is -0.481 e. The normalized spacial score (nSPS) is 11.1. The molecule has 0 heterocycles. The first-order chi connectivity index (χ1) is 8.25. The van der Waals surface area contributed by atoms with Gasteiger partial charge in [0.2, 0.25) is 0 Å². The number of benzene rings is 1. The lowest BCUT2D eigenvalue weighted by Gasteiger charge is -2.19. The number of carbonyl (C=O) groups excluding carboxylic acids is 1. The predicted molar refractivity (Wildman–Crippen MR) is 69.9 cm³/mol. The van der Waals surface area contributed by atoms with Gasteiger partial charge in [-0.1, -0.05) is 17.7 Å². The topological polar surface area (TPSA) is 66.4 Å². The third kappa shape index (κ3) is 3.23. The Morgan fingerprint density at radius 1 is 1.39 bits per heavy atom. The summed E-state index contributed by atoms with van der Waals surface area (Å²) in [6, 6.07) is 5.05. The molecule has 1 amide bonds. The van der Waals surface area contributed by atoms with Crippen LogP contribution in [0.15, 0.2) is 18.2 Å². The molecule has 0 saturated carbocycles. The van der Waals surface area contributed by atoms with Crippen molar-refractivity contribution >= 4 is 23.5 Å². The maximum absolute atomic E-state index is 11.9. The van der Waals surface area contributed by atoms with Crippen molar-refractivity contribution in [2.45, 2.75) is 20.8 Å². The largest absolute Gasteiger partial charge is 0.481 e. The molecule has 5 heteroatoms. The van der Waals surface area contributed by atoms with E-state index in [0.717, 1.165) is 0 Å². The van der Waals surface area contributed by atoms with Crippen molar-refractivity contribution in [3.05, 3.63) is 34.3 Å². The molecule has 0 fully saturated rings. The number of amides is 1. The number of aliphatic carboxylic acids is 1. The lowest BCUT2D eigenvalue weighted by Crippen LogP contribution is -2.39. The molecule has 0 aliphatic carbocycles. The van der Waals surface area contributed by atoms with E-state index in [0.29, 0.717) is 16.1 Å². The molecule has 2 N–H and O–H groups in total. The molecule has 0 aliphatic rings. The fraction of sp³-hybridized carbons (Fsp3) is 0.385. The van der Waals surface area contributed by atoms with Crippen molar-refractivity contribution in [2.24, 2.45) is 5.41 Å². The van der Waals surface area contributed by atoms with Crippen LogP contribution in [0, 0.1) is 12.3 Å². The van der Waals surface area contributed by atoms with Gasteiger partial charge < -0.3 is 10.4 Å². The Hall–Kier alpha value is -1.55. The molecule has 0 saturated heterocycles. The van der Waals surface area contributed by atoms with E-state index in [-0.39, 0.29) is 12.5 Å². The second kappa shape index (κ2) is 5.40. The number of hydrogen-bond donors (Lipinski definition) is 2. The standard InChI is InChI=1S/C13H16ClNO3/c1-8-9(5-4-6-10(8)14)11(16)15-7-13(2,3)12(17)18/h4-6H,7H2,1-3H3,(H,15,16)(H,17,18). The zero-order valence-electron chi connectivity index (χ0n) is 10.6. The molecule has 0 unspecified atom stereocenters. The van der Waals surface area contributed by atoms with Gasteiger partial charge in [0, 0.05) is 17.1 Å². The summed E-state index contributed by atoms with van der Waals surface area (Å²) in [6.07, 6.45) is 0. The zero-order chi connectivity index (χ0) is 13.9. The Morgan fingerprint density at radius 2 is 2.00 bits per heavy atom. The van der Waals surface area contributed by atoms with Crippen LogP contribution in [0.1, 0.15) is 29.8 Å². The molecule has 0 aromatic heterocycles. The van der Waals surface area contributed by atoms with Gasteiger partial charge in [-0.3, -0.25) is 9.59 Å². The van der Waals surface area contributed by atoms with Crippen LogP contribution in [0.3, 0.4) is 0 Å². The van der Waals surface area contributed by atoms with Gasteiger partial charge in [-0.25, -0.2) is 0 Å². The smallest absolute Gasteiger partial charge is 0.310 e. The second-order valence-electron chi connectivity index (χ2n) is 4.78. The molecule has 98 valence electrons. The first kappa shape index (κ1) is 14.5. The molecule has 4 nitrogen and oxygen atoms in total. The van der Waals surface area contributed by atoms with E-state index in [4.69, 9.17) is 16.7 Å². The summed E-state index contributed by atoms with van der Waals surface area (Å²) in [5.74, 6) is -1.27. The third-order valence-corrected chi connectivity index (χ3v) is 3.19. The predicted octanol–water partition coefficient (Wildman–Crippen LogP) is 2.49. The molecule has 0 radical (unpaired) electrons. The maximum Gasteiger partial charge on any atom is 0.310 e. The number of carboxylic acid groups (broad SMARTS) is 1. The van der Waals surface area contributed by atoms with E-state index < -0.39 is 11.4 Å². The fourth-order valence-electron chi connectivity index (χ4n) is 1.33. The Balaban J connectivity index is 2.78. The lowest BCUT2D eigenvalue weighted by molar-refractivity contribution is -0.146.